The molecule has 3 atom stereocenters. The van der Waals surface area contributed by atoms with Crippen LogP contribution in [0.3, 0.4) is 0 Å². The molecule has 2 bridgehead atoms. The molecule has 2 fully saturated rings. The molecule has 2 aromatic heterocycles. The molecule has 2 aromatic rings. The van der Waals surface area contributed by atoms with Crippen LogP contribution in [-0.4, -0.2) is 44.6 Å². The maximum atomic E-state index is 12.8. The van der Waals surface area contributed by atoms with Gasteiger partial charge in [0.25, 0.3) is 0 Å². The van der Waals surface area contributed by atoms with Gasteiger partial charge in [-0.1, -0.05) is 6.07 Å². The van der Waals surface area contributed by atoms with Gasteiger partial charge >= 0.3 is 0 Å². The van der Waals surface area contributed by atoms with Gasteiger partial charge in [0.2, 0.25) is 5.91 Å². The Kier molecular flexibility index (Phi) is 5.45. The molecular formula is C19H27N5OS. The van der Waals surface area contributed by atoms with Crippen molar-refractivity contribution in [2.45, 2.75) is 56.7 Å². The van der Waals surface area contributed by atoms with E-state index in [0.29, 0.717) is 24.4 Å². The molecule has 2 saturated heterocycles. The first-order valence-electron chi connectivity index (χ1n) is 9.57. The number of nitrogens with zero attached hydrogens (tertiary/aromatic N) is 3. The molecule has 1 amide bonds. The van der Waals surface area contributed by atoms with Crippen LogP contribution in [0, 0.1) is 5.92 Å². The highest BCUT2D eigenvalue weighted by atomic mass is 32.2. The van der Waals surface area contributed by atoms with E-state index in [-0.39, 0.29) is 11.9 Å². The van der Waals surface area contributed by atoms with Crippen molar-refractivity contribution in [1.29, 1.82) is 0 Å². The topological polar surface area (TPSA) is 71.3 Å². The van der Waals surface area contributed by atoms with E-state index in [1.165, 1.54) is 12.8 Å². The van der Waals surface area contributed by atoms with Crippen LogP contribution in [0.5, 0.6) is 0 Å². The summed E-state index contributed by atoms with van der Waals surface area (Å²) in [6.07, 6.45) is 10.3. The fraction of sp³-hybridized carbons (Fsp3) is 0.632. The van der Waals surface area contributed by atoms with Crippen LogP contribution in [0.4, 0.5) is 0 Å². The van der Waals surface area contributed by atoms with Crippen molar-refractivity contribution in [3.63, 3.8) is 0 Å². The molecule has 140 valence electrons. The minimum absolute atomic E-state index is 0.0919. The standard InChI is InChI=1S/C19H27N5OS/c1-26-9-7-16(19-23-22-17-4-2-3-8-24(17)19)21-18(25)12-13-10-14-5-6-15(11-13)20-14/h2-4,8,13-16,20H,5-7,9-12H2,1H3,(H,21,25). The van der Waals surface area contributed by atoms with Gasteiger partial charge in [-0.2, -0.15) is 11.8 Å². The van der Waals surface area contributed by atoms with Gasteiger partial charge in [-0.15, -0.1) is 10.2 Å². The maximum Gasteiger partial charge on any atom is 0.220 e. The number of fused-ring (bicyclic) bond motifs is 3. The van der Waals surface area contributed by atoms with E-state index >= 15 is 0 Å². The third-order valence-electron chi connectivity index (χ3n) is 5.64. The van der Waals surface area contributed by atoms with Crippen LogP contribution < -0.4 is 10.6 Å². The Morgan fingerprint density at radius 2 is 2.15 bits per heavy atom. The summed E-state index contributed by atoms with van der Waals surface area (Å²) in [6, 6.07) is 7.02. The maximum absolute atomic E-state index is 12.8. The summed E-state index contributed by atoms with van der Waals surface area (Å²) in [5.74, 6) is 2.46. The highest BCUT2D eigenvalue weighted by molar-refractivity contribution is 7.98. The van der Waals surface area contributed by atoms with Gasteiger partial charge < -0.3 is 10.6 Å². The van der Waals surface area contributed by atoms with Crippen molar-refractivity contribution in [1.82, 2.24) is 25.2 Å². The Bertz CT molecular complexity index is 751. The molecule has 4 rings (SSSR count). The average molecular weight is 374 g/mol. The van der Waals surface area contributed by atoms with E-state index in [9.17, 15) is 4.79 Å². The SMILES string of the molecule is CSCCC(NC(=O)CC1CC2CCC(C1)N2)c1nnc2ccccn12. The number of thioether (sulfide) groups is 1. The molecule has 0 radical (unpaired) electrons. The summed E-state index contributed by atoms with van der Waals surface area (Å²) in [5.41, 5.74) is 0.820. The number of carbonyl (C=O) groups is 1. The highest BCUT2D eigenvalue weighted by Crippen LogP contribution is 2.32. The number of piperidine rings is 1. The lowest BCUT2D eigenvalue weighted by atomic mass is 9.89. The van der Waals surface area contributed by atoms with Crippen LogP contribution in [0.15, 0.2) is 24.4 Å². The number of hydrogen-bond acceptors (Lipinski definition) is 5. The predicted octanol–water partition coefficient (Wildman–Crippen LogP) is 2.56. The summed E-state index contributed by atoms with van der Waals surface area (Å²) in [6.45, 7) is 0. The minimum Gasteiger partial charge on any atom is -0.346 e. The van der Waals surface area contributed by atoms with Gasteiger partial charge in [0, 0.05) is 24.7 Å². The molecule has 0 aliphatic carbocycles. The first kappa shape index (κ1) is 17.8. The lowest BCUT2D eigenvalue weighted by Gasteiger charge is -2.29. The van der Waals surface area contributed by atoms with E-state index in [4.69, 9.17) is 0 Å². The number of aromatic nitrogens is 3. The summed E-state index contributed by atoms with van der Waals surface area (Å²) in [4.78, 5) is 12.8. The lowest BCUT2D eigenvalue weighted by molar-refractivity contribution is -0.123. The van der Waals surface area contributed by atoms with Crippen LogP contribution in [0.2, 0.25) is 0 Å². The van der Waals surface area contributed by atoms with Crippen LogP contribution in [-0.2, 0) is 4.79 Å². The first-order valence-corrected chi connectivity index (χ1v) is 11.0. The Balaban J connectivity index is 1.44. The van der Waals surface area contributed by atoms with Crippen molar-refractivity contribution >= 4 is 23.3 Å². The summed E-state index contributed by atoms with van der Waals surface area (Å²) in [7, 11) is 0. The van der Waals surface area contributed by atoms with Gasteiger partial charge in [-0.3, -0.25) is 9.20 Å². The number of nitrogens with one attached hydrogen (secondary N) is 2. The molecule has 0 aromatic carbocycles. The quantitative estimate of drug-likeness (QED) is 0.780. The lowest BCUT2D eigenvalue weighted by Crippen LogP contribution is -2.40. The molecule has 7 heteroatoms. The second-order valence-electron chi connectivity index (χ2n) is 7.57. The summed E-state index contributed by atoms with van der Waals surface area (Å²) in [5, 5.41) is 15.5. The first-order chi connectivity index (χ1) is 12.7. The van der Waals surface area contributed by atoms with E-state index in [0.717, 1.165) is 36.5 Å². The zero-order chi connectivity index (χ0) is 17.9. The van der Waals surface area contributed by atoms with Crippen molar-refractivity contribution in [2.24, 2.45) is 5.92 Å². The van der Waals surface area contributed by atoms with E-state index in [2.05, 4.69) is 27.1 Å². The van der Waals surface area contributed by atoms with Crippen LogP contribution in [0.25, 0.3) is 5.65 Å². The molecule has 2 aliphatic heterocycles. The normalized spacial score (nSPS) is 26.1. The third-order valence-corrected chi connectivity index (χ3v) is 6.29. The Hall–Kier alpha value is -1.60. The van der Waals surface area contributed by atoms with Gasteiger partial charge in [0.15, 0.2) is 11.5 Å². The minimum atomic E-state index is -0.0919. The molecule has 0 saturated carbocycles. The Labute approximate surface area is 158 Å². The van der Waals surface area contributed by atoms with Gasteiger partial charge in [0.1, 0.15) is 0 Å². The number of carbonyl (C=O) groups excluding carboxylic acids is 1. The molecule has 2 N–H and O–H groups in total. The van der Waals surface area contributed by atoms with E-state index < -0.39 is 0 Å². The third kappa shape index (κ3) is 3.88. The van der Waals surface area contributed by atoms with Crippen LogP contribution in [0.1, 0.15) is 50.4 Å². The predicted molar refractivity (Wildman–Crippen MR) is 104 cm³/mol. The van der Waals surface area contributed by atoms with E-state index in [1.807, 2.05) is 28.8 Å². The summed E-state index contributed by atoms with van der Waals surface area (Å²) >= 11 is 1.79. The zero-order valence-corrected chi connectivity index (χ0v) is 16.0. The second-order valence-corrected chi connectivity index (χ2v) is 8.55. The summed E-state index contributed by atoms with van der Waals surface area (Å²) < 4.78 is 1.98. The van der Waals surface area contributed by atoms with Crippen molar-refractivity contribution < 1.29 is 4.79 Å². The number of rotatable bonds is 7. The number of amides is 1. The smallest absolute Gasteiger partial charge is 0.220 e. The Morgan fingerprint density at radius 1 is 1.35 bits per heavy atom. The van der Waals surface area contributed by atoms with Gasteiger partial charge in [-0.05, 0) is 62.2 Å². The zero-order valence-electron chi connectivity index (χ0n) is 15.2. The molecule has 0 spiro atoms. The number of pyridine rings is 1. The number of hydrogen-bond donors (Lipinski definition) is 2. The molecule has 26 heavy (non-hydrogen) atoms. The molecular weight excluding hydrogens is 346 g/mol. The fourth-order valence-electron chi connectivity index (χ4n) is 4.46. The van der Waals surface area contributed by atoms with Crippen molar-refractivity contribution in [3.05, 3.63) is 30.2 Å². The molecule has 4 heterocycles. The second kappa shape index (κ2) is 7.96. The monoisotopic (exact) mass is 373 g/mol. The van der Waals surface area contributed by atoms with E-state index in [1.54, 1.807) is 11.8 Å². The van der Waals surface area contributed by atoms with Gasteiger partial charge in [-0.25, -0.2) is 0 Å². The Morgan fingerprint density at radius 3 is 2.92 bits per heavy atom. The molecule has 3 unspecified atom stereocenters. The molecule has 2 aliphatic rings. The fourth-order valence-corrected chi connectivity index (χ4v) is 4.93. The van der Waals surface area contributed by atoms with Crippen molar-refractivity contribution in [2.75, 3.05) is 12.0 Å². The highest BCUT2D eigenvalue weighted by Gasteiger charge is 2.34. The largest absolute Gasteiger partial charge is 0.346 e. The van der Waals surface area contributed by atoms with Gasteiger partial charge in [0.05, 0.1) is 6.04 Å². The average Bonchev–Trinajstić information content (AvgIpc) is 3.21. The molecule has 6 nitrogen and oxygen atoms in total. The van der Waals surface area contributed by atoms with Crippen molar-refractivity contribution in [3.8, 4) is 0 Å². The van der Waals surface area contributed by atoms with Crippen LogP contribution >= 0.6 is 11.8 Å².